The van der Waals surface area contributed by atoms with Crippen molar-refractivity contribution in [2.24, 2.45) is 5.92 Å². The van der Waals surface area contributed by atoms with Gasteiger partial charge in [-0.1, -0.05) is 25.3 Å². The van der Waals surface area contributed by atoms with Crippen LogP contribution in [0.2, 0.25) is 0 Å². The zero-order chi connectivity index (χ0) is 15.2. The van der Waals surface area contributed by atoms with E-state index in [2.05, 4.69) is 16.7 Å². The zero-order valence-electron chi connectivity index (χ0n) is 12.9. The van der Waals surface area contributed by atoms with Crippen LogP contribution < -0.4 is 0 Å². The molecule has 1 aromatic rings. The average molecular weight is 293 g/mol. The molecule has 0 aliphatic heterocycles. The third-order valence-corrected chi connectivity index (χ3v) is 4.19. The van der Waals surface area contributed by atoms with Gasteiger partial charge in [-0.25, -0.2) is 9.18 Å². The molecule has 0 aromatic heterocycles. The molecule has 0 spiro atoms. The molecule has 0 saturated heterocycles. The summed E-state index contributed by atoms with van der Waals surface area (Å²) in [5.74, 6) is -0.372. The Hall–Kier alpha value is -1.42. The molecule has 1 aliphatic carbocycles. The summed E-state index contributed by atoms with van der Waals surface area (Å²) in [6, 6.07) is 4.74. The van der Waals surface area contributed by atoms with Crippen molar-refractivity contribution >= 4 is 5.97 Å². The second-order valence-corrected chi connectivity index (χ2v) is 6.01. The van der Waals surface area contributed by atoms with E-state index in [9.17, 15) is 9.18 Å². The zero-order valence-corrected chi connectivity index (χ0v) is 12.9. The van der Waals surface area contributed by atoms with Crippen LogP contribution in [0.15, 0.2) is 18.2 Å². The molecule has 1 aliphatic rings. The van der Waals surface area contributed by atoms with Gasteiger partial charge in [0.1, 0.15) is 5.82 Å². The highest BCUT2D eigenvalue weighted by molar-refractivity contribution is 5.89. The Kier molecular flexibility index (Phi) is 5.74. The van der Waals surface area contributed by atoms with Crippen LogP contribution in [0.1, 0.15) is 48.0 Å². The van der Waals surface area contributed by atoms with Gasteiger partial charge in [0.05, 0.1) is 12.7 Å². The maximum atomic E-state index is 13.9. The monoisotopic (exact) mass is 293 g/mol. The van der Waals surface area contributed by atoms with Crippen LogP contribution in [-0.2, 0) is 11.3 Å². The van der Waals surface area contributed by atoms with Crippen molar-refractivity contribution in [1.29, 1.82) is 0 Å². The number of ether oxygens (including phenoxy) is 1. The molecule has 0 atom stereocenters. The van der Waals surface area contributed by atoms with Gasteiger partial charge >= 0.3 is 5.97 Å². The number of nitrogens with zero attached hydrogens (tertiary/aromatic N) is 1. The molecule has 2 rings (SSSR count). The average Bonchev–Trinajstić information content (AvgIpc) is 2.47. The number of carbonyl (C=O) groups excluding carboxylic acids is 1. The quantitative estimate of drug-likeness (QED) is 0.777. The summed E-state index contributed by atoms with van der Waals surface area (Å²) < 4.78 is 18.4. The third kappa shape index (κ3) is 4.53. The number of carbonyl (C=O) groups is 1. The van der Waals surface area contributed by atoms with Gasteiger partial charge in [0.15, 0.2) is 0 Å². The highest BCUT2D eigenvalue weighted by Crippen LogP contribution is 2.24. The van der Waals surface area contributed by atoms with E-state index in [0.29, 0.717) is 6.54 Å². The number of hydrogen-bond acceptors (Lipinski definition) is 3. The fraction of sp³-hybridized carbons (Fsp3) is 0.588. The molecule has 3 nitrogen and oxygen atoms in total. The van der Waals surface area contributed by atoms with E-state index in [4.69, 9.17) is 0 Å². The van der Waals surface area contributed by atoms with Crippen molar-refractivity contribution in [1.82, 2.24) is 4.90 Å². The van der Waals surface area contributed by atoms with Crippen LogP contribution in [0.3, 0.4) is 0 Å². The van der Waals surface area contributed by atoms with Crippen LogP contribution in [0.25, 0.3) is 0 Å². The first-order chi connectivity index (χ1) is 10.1. The topological polar surface area (TPSA) is 29.5 Å². The maximum absolute atomic E-state index is 13.9. The number of esters is 1. The van der Waals surface area contributed by atoms with E-state index in [0.717, 1.165) is 18.0 Å². The van der Waals surface area contributed by atoms with Gasteiger partial charge in [0.2, 0.25) is 0 Å². The number of hydrogen-bond donors (Lipinski definition) is 0. The highest BCUT2D eigenvalue weighted by atomic mass is 19.1. The van der Waals surface area contributed by atoms with Crippen molar-refractivity contribution in [2.45, 2.75) is 38.6 Å². The van der Waals surface area contributed by atoms with Crippen LogP contribution in [0.5, 0.6) is 0 Å². The second kappa shape index (κ2) is 7.55. The standard InChI is InChI=1S/C17H24FNO2/c1-19(11-13-6-4-3-5-7-13)12-14-8-9-15(16(18)10-14)17(20)21-2/h8-10,13H,3-7,11-12H2,1-2H3. The van der Waals surface area contributed by atoms with E-state index < -0.39 is 11.8 Å². The molecule has 4 heteroatoms. The molecule has 0 amide bonds. The van der Waals surface area contributed by atoms with Gasteiger partial charge in [0, 0.05) is 13.1 Å². The fourth-order valence-corrected chi connectivity index (χ4v) is 3.12. The molecule has 21 heavy (non-hydrogen) atoms. The van der Waals surface area contributed by atoms with Crippen LogP contribution in [-0.4, -0.2) is 31.6 Å². The van der Waals surface area contributed by atoms with Crippen molar-refractivity contribution in [3.63, 3.8) is 0 Å². The SMILES string of the molecule is COC(=O)c1ccc(CN(C)CC2CCCCC2)cc1F. The summed E-state index contributed by atoms with van der Waals surface area (Å²) in [5, 5.41) is 0. The Morgan fingerprint density at radius 1 is 1.33 bits per heavy atom. The summed E-state index contributed by atoms with van der Waals surface area (Å²) in [6.45, 7) is 1.76. The van der Waals surface area contributed by atoms with E-state index in [1.807, 2.05) is 0 Å². The number of benzene rings is 1. The molecule has 1 fully saturated rings. The van der Waals surface area contributed by atoms with Gasteiger partial charge in [0.25, 0.3) is 0 Å². The Balaban J connectivity index is 1.92. The minimum Gasteiger partial charge on any atom is -0.465 e. The minimum atomic E-state index is -0.630. The van der Waals surface area contributed by atoms with Crippen molar-refractivity contribution in [3.8, 4) is 0 Å². The van der Waals surface area contributed by atoms with Gasteiger partial charge in [-0.3, -0.25) is 0 Å². The van der Waals surface area contributed by atoms with Crippen molar-refractivity contribution < 1.29 is 13.9 Å². The van der Waals surface area contributed by atoms with Crippen LogP contribution in [0.4, 0.5) is 4.39 Å². The highest BCUT2D eigenvalue weighted by Gasteiger charge is 2.16. The maximum Gasteiger partial charge on any atom is 0.340 e. The number of halogens is 1. The predicted molar refractivity (Wildman–Crippen MR) is 80.6 cm³/mol. The van der Waals surface area contributed by atoms with Gasteiger partial charge in [-0.05, 0) is 43.5 Å². The Bertz CT molecular complexity index is 484. The molecule has 0 N–H and O–H groups in total. The normalized spacial score (nSPS) is 16.2. The lowest BCUT2D eigenvalue weighted by molar-refractivity contribution is 0.0595. The van der Waals surface area contributed by atoms with E-state index in [1.165, 1.54) is 51.3 Å². The summed E-state index contributed by atoms with van der Waals surface area (Å²) >= 11 is 0. The lowest BCUT2D eigenvalue weighted by Crippen LogP contribution is -2.26. The largest absolute Gasteiger partial charge is 0.465 e. The van der Waals surface area contributed by atoms with Gasteiger partial charge in [-0.2, -0.15) is 0 Å². The summed E-state index contributed by atoms with van der Waals surface area (Å²) in [7, 11) is 3.33. The fourth-order valence-electron chi connectivity index (χ4n) is 3.12. The van der Waals surface area contributed by atoms with Crippen LogP contribution in [0, 0.1) is 11.7 Å². The summed E-state index contributed by atoms with van der Waals surface area (Å²) in [4.78, 5) is 13.6. The Labute approximate surface area is 126 Å². The molecule has 1 saturated carbocycles. The molecule has 1 aromatic carbocycles. The second-order valence-electron chi connectivity index (χ2n) is 6.01. The summed E-state index contributed by atoms with van der Waals surface area (Å²) in [5.41, 5.74) is 0.884. The van der Waals surface area contributed by atoms with E-state index >= 15 is 0 Å². The molecular formula is C17H24FNO2. The van der Waals surface area contributed by atoms with Crippen molar-refractivity contribution in [2.75, 3.05) is 20.7 Å². The summed E-state index contributed by atoms with van der Waals surface area (Å²) in [6.07, 6.45) is 6.64. The number of rotatable bonds is 5. The minimum absolute atomic E-state index is 0.00353. The van der Waals surface area contributed by atoms with E-state index in [1.54, 1.807) is 6.07 Å². The van der Waals surface area contributed by atoms with Gasteiger partial charge < -0.3 is 9.64 Å². The number of methoxy groups -OCH3 is 1. The molecule has 0 unspecified atom stereocenters. The first kappa shape index (κ1) is 16.0. The Morgan fingerprint density at radius 2 is 2.05 bits per heavy atom. The third-order valence-electron chi connectivity index (χ3n) is 4.19. The smallest absolute Gasteiger partial charge is 0.340 e. The first-order valence-electron chi connectivity index (χ1n) is 7.65. The molecule has 0 heterocycles. The van der Waals surface area contributed by atoms with Crippen LogP contribution >= 0.6 is 0 Å². The van der Waals surface area contributed by atoms with Gasteiger partial charge in [-0.15, -0.1) is 0 Å². The molecule has 0 radical (unpaired) electrons. The predicted octanol–water partition coefficient (Wildman–Crippen LogP) is 3.62. The molecule has 0 bridgehead atoms. The molecule has 116 valence electrons. The van der Waals surface area contributed by atoms with E-state index in [-0.39, 0.29) is 5.56 Å². The lowest BCUT2D eigenvalue weighted by Gasteiger charge is -2.27. The molecular weight excluding hydrogens is 269 g/mol. The van der Waals surface area contributed by atoms with Crippen molar-refractivity contribution in [3.05, 3.63) is 35.1 Å². The Morgan fingerprint density at radius 3 is 2.67 bits per heavy atom. The lowest BCUT2D eigenvalue weighted by atomic mass is 9.89. The first-order valence-corrected chi connectivity index (χ1v) is 7.65.